The third-order valence-corrected chi connectivity index (χ3v) is 4.15. The summed E-state index contributed by atoms with van der Waals surface area (Å²) in [7, 11) is 0. The van der Waals surface area contributed by atoms with E-state index in [1.807, 2.05) is 24.5 Å². The van der Waals surface area contributed by atoms with Gasteiger partial charge in [-0.1, -0.05) is 6.42 Å². The molecule has 1 unspecified atom stereocenters. The smallest absolute Gasteiger partial charge is 0.315 e. The maximum Gasteiger partial charge on any atom is 0.315 e. The summed E-state index contributed by atoms with van der Waals surface area (Å²) in [6.45, 7) is 4.44. The van der Waals surface area contributed by atoms with Gasteiger partial charge in [0.15, 0.2) is 0 Å². The molecule has 0 amide bonds. The van der Waals surface area contributed by atoms with Gasteiger partial charge in [0.25, 0.3) is 0 Å². The summed E-state index contributed by atoms with van der Waals surface area (Å²) in [6.07, 6.45) is 5.44. The standard InChI is InChI=1S/C18H21NO4/c1-12(2)23-18(21)14-5-3-4-9-19-15(14)6-7-16(19)17(20)13-8-10-22-11-13/h6-8,10-12,14H,3-5,9H2,1-2H3. The first-order valence-electron chi connectivity index (χ1n) is 8.04. The quantitative estimate of drug-likeness (QED) is 0.639. The Balaban J connectivity index is 1.94. The SMILES string of the molecule is CC(C)OC(=O)C1CCCCn2c(C(=O)c3ccoc3)ccc21. The molecule has 122 valence electrons. The summed E-state index contributed by atoms with van der Waals surface area (Å²) in [5, 5.41) is 0. The van der Waals surface area contributed by atoms with Crippen molar-refractivity contribution in [3.8, 4) is 0 Å². The molecule has 0 saturated heterocycles. The van der Waals surface area contributed by atoms with E-state index in [9.17, 15) is 9.59 Å². The molecule has 0 aromatic carbocycles. The molecule has 0 saturated carbocycles. The van der Waals surface area contributed by atoms with Crippen LogP contribution in [0, 0.1) is 0 Å². The van der Waals surface area contributed by atoms with E-state index >= 15 is 0 Å². The van der Waals surface area contributed by atoms with Gasteiger partial charge >= 0.3 is 5.97 Å². The fraction of sp³-hybridized carbons (Fsp3) is 0.444. The van der Waals surface area contributed by atoms with Crippen LogP contribution in [0.1, 0.15) is 60.8 Å². The number of aromatic nitrogens is 1. The fourth-order valence-corrected chi connectivity index (χ4v) is 3.10. The van der Waals surface area contributed by atoms with Gasteiger partial charge in [0.1, 0.15) is 6.26 Å². The highest BCUT2D eigenvalue weighted by atomic mass is 16.5. The van der Waals surface area contributed by atoms with Crippen LogP contribution in [-0.2, 0) is 16.1 Å². The molecule has 5 nitrogen and oxygen atoms in total. The van der Waals surface area contributed by atoms with Crippen molar-refractivity contribution in [2.45, 2.75) is 51.7 Å². The van der Waals surface area contributed by atoms with E-state index in [1.165, 1.54) is 12.5 Å². The Labute approximate surface area is 135 Å². The summed E-state index contributed by atoms with van der Waals surface area (Å²) in [5.74, 6) is -0.586. The number of nitrogens with zero attached hydrogens (tertiary/aromatic N) is 1. The van der Waals surface area contributed by atoms with Crippen molar-refractivity contribution in [3.63, 3.8) is 0 Å². The van der Waals surface area contributed by atoms with E-state index in [0.29, 0.717) is 11.3 Å². The molecule has 0 bridgehead atoms. The predicted molar refractivity (Wildman–Crippen MR) is 84.4 cm³/mol. The minimum atomic E-state index is -0.300. The number of hydrogen-bond donors (Lipinski definition) is 0. The Hall–Kier alpha value is -2.30. The normalized spacial score (nSPS) is 17.6. The van der Waals surface area contributed by atoms with E-state index in [-0.39, 0.29) is 23.8 Å². The molecule has 2 aromatic rings. The van der Waals surface area contributed by atoms with Crippen LogP contribution in [0.5, 0.6) is 0 Å². The molecular formula is C18H21NO4. The first-order valence-corrected chi connectivity index (χ1v) is 8.04. The second kappa shape index (κ2) is 6.44. The molecule has 2 aromatic heterocycles. The highest BCUT2D eigenvalue weighted by Gasteiger charge is 2.30. The first kappa shape index (κ1) is 15.6. The highest BCUT2D eigenvalue weighted by Crippen LogP contribution is 2.31. The summed E-state index contributed by atoms with van der Waals surface area (Å²) in [5.41, 5.74) is 2.00. The molecule has 1 aliphatic rings. The molecule has 1 atom stereocenters. The van der Waals surface area contributed by atoms with Gasteiger partial charge in [0.2, 0.25) is 5.78 Å². The lowest BCUT2D eigenvalue weighted by molar-refractivity contribution is -0.149. The fourth-order valence-electron chi connectivity index (χ4n) is 3.10. The monoisotopic (exact) mass is 315 g/mol. The molecule has 0 spiro atoms. The number of hydrogen-bond acceptors (Lipinski definition) is 4. The van der Waals surface area contributed by atoms with E-state index in [2.05, 4.69) is 0 Å². The number of rotatable bonds is 4. The molecule has 1 aliphatic heterocycles. The number of fused-ring (bicyclic) bond motifs is 1. The van der Waals surface area contributed by atoms with E-state index in [0.717, 1.165) is 31.5 Å². The maximum atomic E-state index is 12.6. The Morgan fingerprint density at radius 2 is 2.09 bits per heavy atom. The lowest BCUT2D eigenvalue weighted by atomic mass is 10.00. The van der Waals surface area contributed by atoms with Crippen LogP contribution in [0.25, 0.3) is 0 Å². The Morgan fingerprint density at radius 1 is 1.26 bits per heavy atom. The van der Waals surface area contributed by atoms with Crippen LogP contribution in [0.4, 0.5) is 0 Å². The third kappa shape index (κ3) is 3.09. The van der Waals surface area contributed by atoms with Crippen molar-refractivity contribution in [3.05, 3.63) is 47.7 Å². The summed E-state index contributed by atoms with van der Waals surface area (Å²) < 4.78 is 12.4. The number of esters is 1. The lowest BCUT2D eigenvalue weighted by Gasteiger charge is -2.17. The van der Waals surface area contributed by atoms with Gasteiger partial charge in [0.05, 0.1) is 29.5 Å². The third-order valence-electron chi connectivity index (χ3n) is 4.15. The van der Waals surface area contributed by atoms with Crippen molar-refractivity contribution in [2.75, 3.05) is 0 Å². The number of ether oxygens (including phenoxy) is 1. The average Bonchev–Trinajstić information content (AvgIpc) is 3.12. The van der Waals surface area contributed by atoms with Gasteiger partial charge in [0, 0.05) is 12.2 Å². The Morgan fingerprint density at radius 3 is 2.78 bits per heavy atom. The molecule has 5 heteroatoms. The number of furan rings is 1. The molecule has 0 radical (unpaired) electrons. The van der Waals surface area contributed by atoms with Crippen molar-refractivity contribution in [2.24, 2.45) is 0 Å². The van der Waals surface area contributed by atoms with Crippen molar-refractivity contribution < 1.29 is 18.7 Å². The Kier molecular flexibility index (Phi) is 4.37. The van der Waals surface area contributed by atoms with Gasteiger partial charge in [-0.2, -0.15) is 0 Å². The van der Waals surface area contributed by atoms with Gasteiger partial charge in [-0.05, 0) is 44.9 Å². The minimum absolute atomic E-state index is 0.0807. The summed E-state index contributed by atoms with van der Waals surface area (Å²) >= 11 is 0. The van der Waals surface area contributed by atoms with E-state index in [4.69, 9.17) is 9.15 Å². The zero-order valence-corrected chi connectivity index (χ0v) is 13.5. The molecule has 0 aliphatic carbocycles. The molecule has 0 fully saturated rings. The van der Waals surface area contributed by atoms with Crippen LogP contribution in [0.3, 0.4) is 0 Å². The van der Waals surface area contributed by atoms with Gasteiger partial charge in [-0.25, -0.2) is 0 Å². The van der Waals surface area contributed by atoms with Crippen LogP contribution >= 0.6 is 0 Å². The van der Waals surface area contributed by atoms with Crippen LogP contribution in [0.15, 0.2) is 35.1 Å². The lowest BCUT2D eigenvalue weighted by Crippen LogP contribution is -2.21. The van der Waals surface area contributed by atoms with Crippen molar-refractivity contribution >= 4 is 11.8 Å². The van der Waals surface area contributed by atoms with Crippen LogP contribution in [0.2, 0.25) is 0 Å². The predicted octanol–water partition coefficient (Wildman–Crippen LogP) is 3.53. The highest BCUT2D eigenvalue weighted by molar-refractivity contribution is 6.08. The summed E-state index contributed by atoms with van der Waals surface area (Å²) in [6, 6.07) is 5.33. The largest absolute Gasteiger partial charge is 0.472 e. The molecular weight excluding hydrogens is 294 g/mol. The molecule has 3 rings (SSSR count). The molecule has 0 N–H and O–H groups in total. The van der Waals surface area contributed by atoms with E-state index in [1.54, 1.807) is 12.1 Å². The maximum absolute atomic E-state index is 12.6. The molecule has 23 heavy (non-hydrogen) atoms. The van der Waals surface area contributed by atoms with Gasteiger partial charge < -0.3 is 13.7 Å². The minimum Gasteiger partial charge on any atom is -0.472 e. The van der Waals surface area contributed by atoms with Crippen molar-refractivity contribution in [1.29, 1.82) is 0 Å². The van der Waals surface area contributed by atoms with Crippen LogP contribution in [-0.4, -0.2) is 22.4 Å². The zero-order chi connectivity index (χ0) is 16.4. The van der Waals surface area contributed by atoms with Crippen LogP contribution < -0.4 is 0 Å². The first-order chi connectivity index (χ1) is 11.1. The zero-order valence-electron chi connectivity index (χ0n) is 13.5. The van der Waals surface area contributed by atoms with Gasteiger partial charge in [-0.15, -0.1) is 0 Å². The molecule has 3 heterocycles. The second-order valence-corrected chi connectivity index (χ2v) is 6.17. The van der Waals surface area contributed by atoms with Crippen molar-refractivity contribution in [1.82, 2.24) is 4.57 Å². The number of carbonyl (C=O) groups excluding carboxylic acids is 2. The number of carbonyl (C=O) groups is 2. The summed E-state index contributed by atoms with van der Waals surface area (Å²) in [4.78, 5) is 25.0. The Bertz CT molecular complexity index is 697. The topological polar surface area (TPSA) is 61.4 Å². The van der Waals surface area contributed by atoms with Gasteiger partial charge in [-0.3, -0.25) is 9.59 Å². The number of ketones is 1. The average molecular weight is 315 g/mol. The second-order valence-electron chi connectivity index (χ2n) is 6.17. The van der Waals surface area contributed by atoms with E-state index < -0.39 is 0 Å².